The predicted molar refractivity (Wildman–Crippen MR) is 228 cm³/mol. The van der Waals surface area contributed by atoms with Gasteiger partial charge in [0.05, 0.1) is 33.5 Å². The van der Waals surface area contributed by atoms with Gasteiger partial charge in [-0.2, -0.15) is 0 Å². The molecule has 3 aromatic heterocycles. The molecule has 0 spiro atoms. The predicted octanol–water partition coefficient (Wildman–Crippen LogP) is 13.1. The SMILES string of the molecule is c1ccc(-c2nc(-c3cccc(-c4ccc5c6cc7nc(-c8ccccc8)c8ccccc8c7cc6n(-c6ccccc6)c5c4)c3)nc3ccccc23)cc1. The van der Waals surface area contributed by atoms with Gasteiger partial charge in [-0.25, -0.2) is 15.0 Å². The van der Waals surface area contributed by atoms with E-state index < -0.39 is 0 Å². The lowest BCUT2D eigenvalue weighted by Crippen LogP contribution is -1.95. The lowest BCUT2D eigenvalue weighted by molar-refractivity contribution is 1.18. The van der Waals surface area contributed by atoms with Crippen LogP contribution in [0.2, 0.25) is 0 Å². The monoisotopic (exact) mass is 700 g/mol. The maximum absolute atomic E-state index is 5.34. The second kappa shape index (κ2) is 12.6. The molecular weight excluding hydrogens is 669 g/mol. The van der Waals surface area contributed by atoms with Crippen LogP contribution in [-0.2, 0) is 0 Å². The highest BCUT2D eigenvalue weighted by atomic mass is 15.0. The van der Waals surface area contributed by atoms with Gasteiger partial charge in [0.1, 0.15) is 0 Å². The third-order valence-electron chi connectivity index (χ3n) is 10.8. The average molecular weight is 701 g/mol. The van der Waals surface area contributed by atoms with Crippen molar-refractivity contribution < 1.29 is 0 Å². The van der Waals surface area contributed by atoms with E-state index in [2.05, 4.69) is 180 Å². The molecule has 11 rings (SSSR count). The molecular formula is C51H32N4. The van der Waals surface area contributed by atoms with Crippen LogP contribution in [0.5, 0.6) is 0 Å². The van der Waals surface area contributed by atoms with Crippen molar-refractivity contribution in [3.8, 4) is 50.7 Å². The van der Waals surface area contributed by atoms with Crippen LogP contribution in [0.3, 0.4) is 0 Å². The standard InChI is InChI=1S/C51H32N4/c1-4-15-33(16-5-1)49-41-24-11-10-23-39(41)43-32-48-44(31-46(43)52-49)40-28-27-36(30-47(40)55(48)38-21-8-3-9-22-38)35-19-14-20-37(29-35)51-53-45-26-13-12-25-42(45)50(54-51)34-17-6-2-7-18-34/h1-32H. The Balaban J connectivity index is 1.12. The fourth-order valence-electron chi connectivity index (χ4n) is 8.18. The van der Waals surface area contributed by atoms with E-state index in [4.69, 9.17) is 15.0 Å². The summed E-state index contributed by atoms with van der Waals surface area (Å²) in [6.07, 6.45) is 0. The minimum absolute atomic E-state index is 0.708. The van der Waals surface area contributed by atoms with Crippen molar-refractivity contribution in [1.29, 1.82) is 0 Å². The average Bonchev–Trinajstić information content (AvgIpc) is 3.58. The molecule has 55 heavy (non-hydrogen) atoms. The molecule has 0 amide bonds. The molecule has 0 aliphatic heterocycles. The number of hydrogen-bond acceptors (Lipinski definition) is 3. The topological polar surface area (TPSA) is 43.6 Å². The molecule has 11 aromatic rings. The van der Waals surface area contributed by atoms with Crippen molar-refractivity contribution in [2.24, 2.45) is 0 Å². The van der Waals surface area contributed by atoms with Gasteiger partial charge in [0.25, 0.3) is 0 Å². The fraction of sp³-hybridized carbons (Fsp3) is 0. The molecule has 3 heterocycles. The number of fused-ring (bicyclic) bond motifs is 7. The Hall–Kier alpha value is -7.43. The smallest absolute Gasteiger partial charge is 0.160 e. The molecule has 0 aliphatic carbocycles. The van der Waals surface area contributed by atoms with E-state index in [1.165, 1.54) is 16.2 Å². The quantitative estimate of drug-likeness (QED) is 0.168. The molecule has 4 heteroatoms. The van der Waals surface area contributed by atoms with Crippen molar-refractivity contribution in [3.63, 3.8) is 0 Å². The van der Waals surface area contributed by atoms with Crippen molar-refractivity contribution >= 4 is 54.4 Å². The number of para-hydroxylation sites is 2. The maximum Gasteiger partial charge on any atom is 0.160 e. The van der Waals surface area contributed by atoms with Crippen LogP contribution in [0.1, 0.15) is 0 Å². The van der Waals surface area contributed by atoms with Crippen LogP contribution in [0.25, 0.3) is 105 Å². The number of aromatic nitrogens is 4. The van der Waals surface area contributed by atoms with Crippen LogP contribution in [-0.4, -0.2) is 19.5 Å². The summed E-state index contributed by atoms with van der Waals surface area (Å²) < 4.78 is 2.40. The second-order valence-electron chi connectivity index (χ2n) is 14.0. The largest absolute Gasteiger partial charge is 0.309 e. The van der Waals surface area contributed by atoms with Crippen molar-refractivity contribution in [2.75, 3.05) is 0 Å². The minimum atomic E-state index is 0.708. The summed E-state index contributed by atoms with van der Waals surface area (Å²) in [5.41, 5.74) is 12.6. The third-order valence-corrected chi connectivity index (χ3v) is 10.8. The Morgan fingerprint density at radius 2 is 0.873 bits per heavy atom. The number of hydrogen-bond donors (Lipinski definition) is 0. The third kappa shape index (κ3) is 5.19. The van der Waals surface area contributed by atoms with Gasteiger partial charge in [-0.3, -0.25) is 0 Å². The molecule has 256 valence electrons. The van der Waals surface area contributed by atoms with Gasteiger partial charge < -0.3 is 4.57 Å². The zero-order valence-corrected chi connectivity index (χ0v) is 29.8. The minimum Gasteiger partial charge on any atom is -0.309 e. The van der Waals surface area contributed by atoms with E-state index in [1.54, 1.807) is 0 Å². The normalized spacial score (nSPS) is 11.6. The van der Waals surface area contributed by atoms with Gasteiger partial charge >= 0.3 is 0 Å². The zero-order chi connectivity index (χ0) is 36.3. The molecule has 8 aromatic carbocycles. The number of pyridine rings is 1. The van der Waals surface area contributed by atoms with Gasteiger partial charge in [-0.1, -0.05) is 152 Å². The molecule has 0 aliphatic rings. The second-order valence-corrected chi connectivity index (χ2v) is 14.0. The lowest BCUT2D eigenvalue weighted by Gasteiger charge is -2.12. The van der Waals surface area contributed by atoms with E-state index in [-0.39, 0.29) is 0 Å². The molecule has 0 saturated carbocycles. The van der Waals surface area contributed by atoms with Crippen molar-refractivity contribution in [1.82, 2.24) is 19.5 Å². The van der Waals surface area contributed by atoms with Crippen molar-refractivity contribution in [2.45, 2.75) is 0 Å². The van der Waals surface area contributed by atoms with E-state index in [0.717, 1.165) is 83.1 Å². The molecule has 0 radical (unpaired) electrons. The Morgan fingerprint density at radius 1 is 0.291 bits per heavy atom. The van der Waals surface area contributed by atoms with Gasteiger partial charge in [-0.05, 0) is 59.0 Å². The molecule has 0 bridgehead atoms. The first-order chi connectivity index (χ1) is 27.3. The highest BCUT2D eigenvalue weighted by Crippen LogP contribution is 2.40. The Bertz CT molecular complexity index is 3240. The number of benzene rings is 8. The summed E-state index contributed by atoms with van der Waals surface area (Å²) in [7, 11) is 0. The molecule has 0 saturated heterocycles. The first kappa shape index (κ1) is 31.1. The lowest BCUT2D eigenvalue weighted by atomic mass is 9.98. The molecule has 4 nitrogen and oxygen atoms in total. The van der Waals surface area contributed by atoms with Crippen molar-refractivity contribution in [3.05, 3.63) is 194 Å². The number of rotatable bonds is 5. The summed E-state index contributed by atoms with van der Waals surface area (Å²) in [4.78, 5) is 15.6. The van der Waals surface area contributed by atoms with Gasteiger partial charge in [-0.15, -0.1) is 0 Å². The first-order valence-corrected chi connectivity index (χ1v) is 18.6. The highest BCUT2D eigenvalue weighted by Gasteiger charge is 2.18. The summed E-state index contributed by atoms with van der Waals surface area (Å²) in [5, 5.41) is 6.88. The summed E-state index contributed by atoms with van der Waals surface area (Å²) in [5.74, 6) is 0.708. The Kier molecular flexibility index (Phi) is 7.14. The van der Waals surface area contributed by atoms with Gasteiger partial charge in [0, 0.05) is 49.3 Å². The van der Waals surface area contributed by atoms with Crippen LogP contribution in [0, 0.1) is 0 Å². The van der Waals surface area contributed by atoms with Crippen LogP contribution in [0.4, 0.5) is 0 Å². The van der Waals surface area contributed by atoms with Crippen LogP contribution in [0.15, 0.2) is 194 Å². The molecule has 0 fully saturated rings. The van der Waals surface area contributed by atoms with E-state index in [9.17, 15) is 0 Å². The Morgan fingerprint density at radius 3 is 1.64 bits per heavy atom. The van der Waals surface area contributed by atoms with E-state index in [1.807, 2.05) is 18.2 Å². The zero-order valence-electron chi connectivity index (χ0n) is 29.8. The van der Waals surface area contributed by atoms with Crippen LogP contribution >= 0.6 is 0 Å². The summed E-state index contributed by atoms with van der Waals surface area (Å²) in [6.45, 7) is 0. The van der Waals surface area contributed by atoms with E-state index in [0.29, 0.717) is 5.82 Å². The summed E-state index contributed by atoms with van der Waals surface area (Å²) >= 11 is 0. The first-order valence-electron chi connectivity index (χ1n) is 18.6. The van der Waals surface area contributed by atoms with Crippen LogP contribution < -0.4 is 0 Å². The number of nitrogens with zero attached hydrogens (tertiary/aromatic N) is 4. The Labute approximate surface area is 317 Å². The maximum atomic E-state index is 5.34. The van der Waals surface area contributed by atoms with Gasteiger partial charge in [0.2, 0.25) is 0 Å². The van der Waals surface area contributed by atoms with Gasteiger partial charge in [0.15, 0.2) is 5.82 Å². The molecule has 0 N–H and O–H groups in total. The molecule has 0 atom stereocenters. The fourth-order valence-corrected chi connectivity index (χ4v) is 8.18. The molecule has 0 unspecified atom stereocenters. The summed E-state index contributed by atoms with van der Waals surface area (Å²) in [6, 6.07) is 68.5. The highest BCUT2D eigenvalue weighted by molar-refractivity contribution is 6.19. The van der Waals surface area contributed by atoms with E-state index >= 15 is 0 Å².